The van der Waals surface area contributed by atoms with E-state index in [-0.39, 0.29) is 18.5 Å². The lowest BCUT2D eigenvalue weighted by Crippen LogP contribution is -2.45. The van der Waals surface area contributed by atoms with E-state index in [9.17, 15) is 19.8 Å². The Morgan fingerprint density at radius 2 is 0.651 bits per heavy atom. The molecular formula is C57H113NO5. The molecule has 0 saturated carbocycles. The van der Waals surface area contributed by atoms with Gasteiger partial charge in [-0.15, -0.1) is 0 Å². The van der Waals surface area contributed by atoms with Gasteiger partial charge in [0, 0.05) is 12.8 Å². The van der Waals surface area contributed by atoms with Crippen molar-refractivity contribution in [2.24, 2.45) is 0 Å². The average Bonchev–Trinajstić information content (AvgIpc) is 3.28. The summed E-state index contributed by atoms with van der Waals surface area (Å²) in [5.41, 5.74) is 0. The minimum Gasteiger partial charge on any atom is -0.466 e. The number of rotatable bonds is 54. The lowest BCUT2D eigenvalue weighted by atomic mass is 10.0. The molecular weight excluding hydrogens is 779 g/mol. The highest BCUT2D eigenvalue weighted by Crippen LogP contribution is 2.18. The molecule has 0 fully saturated rings. The molecule has 0 saturated heterocycles. The van der Waals surface area contributed by atoms with E-state index >= 15 is 0 Å². The minimum absolute atomic E-state index is 0.0115. The number of aliphatic hydroxyl groups excluding tert-OH is 2. The normalized spacial score (nSPS) is 12.5. The number of carbonyl (C=O) groups is 2. The SMILES string of the molecule is CCCCCCCCCCCCCCCCCCC(=O)OCCCCCCCCCCCCCCCCCCCCC(=O)NC(CO)C(O)CCCCCCCCCCCCCC. The second-order valence-electron chi connectivity index (χ2n) is 20.0. The van der Waals surface area contributed by atoms with Gasteiger partial charge in [0.15, 0.2) is 0 Å². The van der Waals surface area contributed by atoms with Crippen molar-refractivity contribution in [2.45, 2.75) is 341 Å². The number of unbranched alkanes of at least 4 members (excludes halogenated alkanes) is 43. The van der Waals surface area contributed by atoms with Crippen LogP contribution in [-0.2, 0) is 14.3 Å². The fourth-order valence-electron chi connectivity index (χ4n) is 9.23. The Hall–Kier alpha value is -1.14. The molecule has 376 valence electrons. The van der Waals surface area contributed by atoms with Crippen LogP contribution < -0.4 is 5.32 Å². The molecule has 1 amide bonds. The van der Waals surface area contributed by atoms with Gasteiger partial charge in [-0.3, -0.25) is 9.59 Å². The van der Waals surface area contributed by atoms with Gasteiger partial charge in [0.05, 0.1) is 25.4 Å². The van der Waals surface area contributed by atoms with Gasteiger partial charge in [-0.2, -0.15) is 0 Å². The van der Waals surface area contributed by atoms with Crippen molar-refractivity contribution < 1.29 is 24.5 Å². The first-order valence-electron chi connectivity index (χ1n) is 28.8. The van der Waals surface area contributed by atoms with Crippen molar-refractivity contribution in [3.8, 4) is 0 Å². The summed E-state index contributed by atoms with van der Waals surface area (Å²) in [6.45, 7) is 4.96. The average molecular weight is 893 g/mol. The van der Waals surface area contributed by atoms with Crippen molar-refractivity contribution in [3.63, 3.8) is 0 Å². The van der Waals surface area contributed by atoms with Crippen LogP contribution in [0, 0.1) is 0 Å². The van der Waals surface area contributed by atoms with Crippen molar-refractivity contribution in [3.05, 3.63) is 0 Å². The Morgan fingerprint density at radius 3 is 0.968 bits per heavy atom. The summed E-state index contributed by atoms with van der Waals surface area (Å²) >= 11 is 0. The highest BCUT2D eigenvalue weighted by Gasteiger charge is 2.20. The van der Waals surface area contributed by atoms with Crippen LogP contribution in [0.4, 0.5) is 0 Å². The number of aliphatic hydroxyl groups is 2. The number of amides is 1. The first-order chi connectivity index (χ1) is 31.0. The molecule has 0 aliphatic rings. The third kappa shape index (κ3) is 50.1. The summed E-state index contributed by atoms with van der Waals surface area (Å²) in [5.74, 6) is -0.0261. The highest BCUT2D eigenvalue weighted by atomic mass is 16.5. The zero-order valence-corrected chi connectivity index (χ0v) is 42.8. The maximum Gasteiger partial charge on any atom is 0.305 e. The zero-order valence-electron chi connectivity index (χ0n) is 42.8. The number of ether oxygens (including phenoxy) is 1. The molecule has 0 aliphatic carbocycles. The number of hydrogen-bond donors (Lipinski definition) is 3. The number of hydrogen-bond acceptors (Lipinski definition) is 5. The largest absolute Gasteiger partial charge is 0.466 e. The van der Waals surface area contributed by atoms with E-state index in [1.165, 1.54) is 257 Å². The second-order valence-corrected chi connectivity index (χ2v) is 20.0. The standard InChI is InChI=1S/C57H113NO5/c1-3-5-7-9-11-13-15-17-18-24-27-31-35-39-43-47-51-57(62)63-52-48-44-40-36-32-28-25-22-20-19-21-23-26-30-34-38-42-46-50-56(61)58-54(53-59)55(60)49-45-41-37-33-29-16-14-12-10-8-6-4-2/h54-55,59-60H,3-53H2,1-2H3,(H,58,61). The van der Waals surface area contributed by atoms with Gasteiger partial charge >= 0.3 is 5.97 Å². The van der Waals surface area contributed by atoms with Crippen LogP contribution in [-0.4, -0.2) is 47.4 Å². The maximum atomic E-state index is 12.4. The van der Waals surface area contributed by atoms with Crippen molar-refractivity contribution in [1.29, 1.82) is 0 Å². The fourth-order valence-corrected chi connectivity index (χ4v) is 9.23. The zero-order chi connectivity index (χ0) is 45.8. The molecule has 0 aromatic carbocycles. The molecule has 6 nitrogen and oxygen atoms in total. The molecule has 0 radical (unpaired) electrons. The van der Waals surface area contributed by atoms with Crippen molar-refractivity contribution in [2.75, 3.05) is 13.2 Å². The second kappa shape index (κ2) is 53.5. The topological polar surface area (TPSA) is 95.9 Å². The van der Waals surface area contributed by atoms with Crippen LogP contribution in [0.3, 0.4) is 0 Å². The molecule has 0 rings (SSSR count). The molecule has 6 heteroatoms. The van der Waals surface area contributed by atoms with E-state index in [4.69, 9.17) is 4.74 Å². The Kier molecular flexibility index (Phi) is 52.5. The van der Waals surface area contributed by atoms with Crippen LogP contribution in [0.2, 0.25) is 0 Å². The van der Waals surface area contributed by atoms with Gasteiger partial charge in [0.1, 0.15) is 0 Å². The van der Waals surface area contributed by atoms with Crippen LogP contribution in [0.25, 0.3) is 0 Å². The van der Waals surface area contributed by atoms with Gasteiger partial charge in [-0.1, -0.05) is 290 Å². The highest BCUT2D eigenvalue weighted by molar-refractivity contribution is 5.76. The Balaban J connectivity index is 3.36. The molecule has 0 bridgehead atoms. The molecule has 2 atom stereocenters. The van der Waals surface area contributed by atoms with Crippen molar-refractivity contribution in [1.82, 2.24) is 5.32 Å². The molecule has 2 unspecified atom stereocenters. The van der Waals surface area contributed by atoms with Crippen LogP contribution in [0.1, 0.15) is 328 Å². The third-order valence-corrected chi connectivity index (χ3v) is 13.7. The lowest BCUT2D eigenvalue weighted by molar-refractivity contribution is -0.143. The van der Waals surface area contributed by atoms with E-state index in [1.807, 2.05) is 0 Å². The molecule has 0 heterocycles. The smallest absolute Gasteiger partial charge is 0.305 e. The Bertz CT molecular complexity index is 898. The molecule has 0 aliphatic heterocycles. The number of esters is 1. The van der Waals surface area contributed by atoms with E-state index in [0.717, 1.165) is 38.5 Å². The van der Waals surface area contributed by atoms with E-state index in [1.54, 1.807) is 0 Å². The van der Waals surface area contributed by atoms with Crippen LogP contribution in [0.5, 0.6) is 0 Å². The summed E-state index contributed by atoms with van der Waals surface area (Å²) in [6, 6.07) is -0.542. The third-order valence-electron chi connectivity index (χ3n) is 13.7. The first kappa shape index (κ1) is 61.9. The molecule has 0 aromatic heterocycles. The van der Waals surface area contributed by atoms with E-state index in [2.05, 4.69) is 19.2 Å². The number of carbonyl (C=O) groups excluding carboxylic acids is 2. The Morgan fingerprint density at radius 1 is 0.381 bits per heavy atom. The van der Waals surface area contributed by atoms with Gasteiger partial charge in [-0.25, -0.2) is 0 Å². The maximum absolute atomic E-state index is 12.4. The molecule has 0 aromatic rings. The molecule has 3 N–H and O–H groups in total. The van der Waals surface area contributed by atoms with Crippen LogP contribution >= 0.6 is 0 Å². The van der Waals surface area contributed by atoms with E-state index in [0.29, 0.717) is 25.9 Å². The Labute approximate surface area is 394 Å². The van der Waals surface area contributed by atoms with Gasteiger partial charge in [0.2, 0.25) is 5.91 Å². The number of nitrogens with one attached hydrogen (secondary N) is 1. The summed E-state index contributed by atoms with van der Waals surface area (Å²) in [4.78, 5) is 24.5. The minimum atomic E-state index is -0.664. The van der Waals surface area contributed by atoms with Gasteiger partial charge < -0.3 is 20.3 Å². The summed E-state index contributed by atoms with van der Waals surface area (Å²) in [7, 11) is 0. The summed E-state index contributed by atoms with van der Waals surface area (Å²) < 4.78 is 5.49. The van der Waals surface area contributed by atoms with Crippen molar-refractivity contribution >= 4 is 11.9 Å². The predicted octanol–water partition coefficient (Wildman–Crippen LogP) is 17.5. The fraction of sp³-hybridized carbons (Fsp3) is 0.965. The molecule has 0 spiro atoms. The van der Waals surface area contributed by atoms with E-state index < -0.39 is 12.1 Å². The van der Waals surface area contributed by atoms with Gasteiger partial charge in [-0.05, 0) is 25.7 Å². The quantitative estimate of drug-likeness (QED) is 0.0418. The molecule has 63 heavy (non-hydrogen) atoms. The first-order valence-corrected chi connectivity index (χ1v) is 28.8. The predicted molar refractivity (Wildman–Crippen MR) is 274 cm³/mol. The summed E-state index contributed by atoms with van der Waals surface area (Å²) in [5, 5.41) is 23.2. The van der Waals surface area contributed by atoms with Crippen LogP contribution in [0.15, 0.2) is 0 Å². The lowest BCUT2D eigenvalue weighted by Gasteiger charge is -2.22. The van der Waals surface area contributed by atoms with Gasteiger partial charge in [0.25, 0.3) is 0 Å². The monoisotopic (exact) mass is 892 g/mol. The summed E-state index contributed by atoms with van der Waals surface area (Å²) in [6.07, 6.45) is 60.9.